The fourth-order valence-electron chi connectivity index (χ4n) is 3.05. The molecule has 2 aliphatic heterocycles. The normalized spacial score (nSPS) is 32.0. The van der Waals surface area contributed by atoms with Crippen LogP contribution in [0.3, 0.4) is 0 Å². The number of fused-ring (bicyclic) bond motifs is 2. The Morgan fingerprint density at radius 3 is 2.94 bits per heavy atom. The molecule has 2 bridgehead atoms. The molecule has 18 heavy (non-hydrogen) atoms. The van der Waals surface area contributed by atoms with E-state index in [1.54, 1.807) is 0 Å². The Hall–Kier alpha value is -0.940. The van der Waals surface area contributed by atoms with Gasteiger partial charge in [0.1, 0.15) is 0 Å². The summed E-state index contributed by atoms with van der Waals surface area (Å²) in [6, 6.07) is 0. The van der Waals surface area contributed by atoms with Crippen molar-refractivity contribution in [3.8, 4) is 0 Å². The highest BCUT2D eigenvalue weighted by molar-refractivity contribution is 5.06. The predicted octanol–water partition coefficient (Wildman–Crippen LogP) is 1.63. The third-order valence-electron chi connectivity index (χ3n) is 4.30. The van der Waals surface area contributed by atoms with Crippen LogP contribution < -0.4 is 5.73 Å². The van der Waals surface area contributed by atoms with Gasteiger partial charge in [-0.05, 0) is 31.7 Å². The average Bonchev–Trinajstić information content (AvgIpc) is 3.11. The van der Waals surface area contributed by atoms with E-state index >= 15 is 0 Å². The molecule has 0 radical (unpaired) electrons. The second-order valence-corrected chi connectivity index (χ2v) is 5.48. The van der Waals surface area contributed by atoms with Crippen LogP contribution in [0.2, 0.25) is 0 Å². The molecule has 0 aliphatic carbocycles. The minimum atomic E-state index is 0.317. The minimum absolute atomic E-state index is 0.317. The summed E-state index contributed by atoms with van der Waals surface area (Å²) in [7, 11) is 0. The number of aromatic nitrogens is 2. The summed E-state index contributed by atoms with van der Waals surface area (Å²) in [5.74, 6) is 2.35. The first-order valence-electron chi connectivity index (χ1n) is 6.98. The smallest absolute Gasteiger partial charge is 0.226 e. The molecule has 1 aromatic rings. The van der Waals surface area contributed by atoms with Crippen LogP contribution in [0, 0.1) is 5.92 Å². The molecule has 5 heteroatoms. The maximum atomic E-state index is 5.83. The topological polar surface area (TPSA) is 74.2 Å². The summed E-state index contributed by atoms with van der Waals surface area (Å²) >= 11 is 0. The lowest BCUT2D eigenvalue weighted by atomic mass is 9.89. The van der Waals surface area contributed by atoms with Gasteiger partial charge >= 0.3 is 0 Å². The summed E-state index contributed by atoms with van der Waals surface area (Å²) in [5.41, 5.74) is 5.70. The van der Waals surface area contributed by atoms with Gasteiger partial charge in [0, 0.05) is 6.42 Å². The third kappa shape index (κ3) is 2.17. The predicted molar refractivity (Wildman–Crippen MR) is 66.1 cm³/mol. The highest BCUT2D eigenvalue weighted by atomic mass is 16.5. The van der Waals surface area contributed by atoms with Gasteiger partial charge in [-0.2, -0.15) is 4.98 Å². The van der Waals surface area contributed by atoms with Gasteiger partial charge in [-0.1, -0.05) is 18.5 Å². The summed E-state index contributed by atoms with van der Waals surface area (Å²) in [4.78, 5) is 4.53. The summed E-state index contributed by atoms with van der Waals surface area (Å²) in [5, 5.41) is 4.13. The number of nitrogens with zero attached hydrogens (tertiary/aromatic N) is 2. The van der Waals surface area contributed by atoms with Gasteiger partial charge < -0.3 is 15.0 Å². The lowest BCUT2D eigenvalue weighted by Gasteiger charge is -2.13. The molecule has 0 aromatic carbocycles. The largest absolute Gasteiger partial charge is 0.374 e. The van der Waals surface area contributed by atoms with E-state index in [9.17, 15) is 0 Å². The fraction of sp³-hybridized carbons (Fsp3) is 0.846. The Kier molecular flexibility index (Phi) is 3.35. The molecule has 2 fully saturated rings. The number of ether oxygens (including phenoxy) is 1. The van der Waals surface area contributed by atoms with Gasteiger partial charge in [0.25, 0.3) is 0 Å². The molecule has 0 amide bonds. The van der Waals surface area contributed by atoms with Crippen molar-refractivity contribution in [1.82, 2.24) is 10.1 Å². The Bertz CT molecular complexity index is 403. The number of hydrogen-bond donors (Lipinski definition) is 1. The SMILES string of the molecule is CCC(CN)Cc1nc(C2CC3CCC2O3)no1. The average molecular weight is 251 g/mol. The third-order valence-corrected chi connectivity index (χ3v) is 4.30. The standard InChI is InChI=1S/C13H21N3O2/c1-2-8(7-14)5-12-15-13(16-18-12)10-6-9-3-4-11(10)17-9/h8-11H,2-7,14H2,1H3. The van der Waals surface area contributed by atoms with E-state index in [2.05, 4.69) is 17.1 Å². The molecular formula is C13H21N3O2. The van der Waals surface area contributed by atoms with Crippen LogP contribution in [0.5, 0.6) is 0 Å². The first-order valence-corrected chi connectivity index (χ1v) is 6.98. The zero-order valence-corrected chi connectivity index (χ0v) is 10.8. The molecular weight excluding hydrogens is 230 g/mol. The molecule has 5 nitrogen and oxygen atoms in total. The van der Waals surface area contributed by atoms with Crippen molar-refractivity contribution in [3.05, 3.63) is 11.7 Å². The van der Waals surface area contributed by atoms with E-state index in [0.717, 1.165) is 37.4 Å². The Morgan fingerprint density at radius 2 is 2.33 bits per heavy atom. The van der Waals surface area contributed by atoms with Crippen molar-refractivity contribution in [2.75, 3.05) is 6.54 Å². The second kappa shape index (κ2) is 4.97. The van der Waals surface area contributed by atoms with E-state index in [1.807, 2.05) is 0 Å². The fourth-order valence-corrected chi connectivity index (χ4v) is 3.05. The van der Waals surface area contributed by atoms with Gasteiger partial charge in [0.15, 0.2) is 5.82 Å². The molecule has 3 heterocycles. The van der Waals surface area contributed by atoms with E-state index in [4.69, 9.17) is 15.0 Å². The van der Waals surface area contributed by atoms with Crippen molar-refractivity contribution in [1.29, 1.82) is 0 Å². The Balaban J connectivity index is 1.66. The van der Waals surface area contributed by atoms with E-state index in [-0.39, 0.29) is 0 Å². The lowest BCUT2D eigenvalue weighted by molar-refractivity contribution is 0.0996. The molecule has 1 aromatic heterocycles. The zero-order chi connectivity index (χ0) is 12.5. The van der Waals surface area contributed by atoms with Gasteiger partial charge in [0.2, 0.25) is 5.89 Å². The molecule has 2 aliphatic rings. The van der Waals surface area contributed by atoms with E-state index in [1.165, 1.54) is 6.42 Å². The first-order chi connectivity index (χ1) is 8.80. The highest BCUT2D eigenvalue weighted by Crippen LogP contribution is 2.43. The maximum Gasteiger partial charge on any atom is 0.226 e. The van der Waals surface area contributed by atoms with Crippen LogP contribution in [-0.4, -0.2) is 28.9 Å². The van der Waals surface area contributed by atoms with Crippen LogP contribution in [0.15, 0.2) is 4.52 Å². The molecule has 0 spiro atoms. The van der Waals surface area contributed by atoms with Gasteiger partial charge in [0.05, 0.1) is 18.1 Å². The quantitative estimate of drug-likeness (QED) is 0.861. The molecule has 4 unspecified atom stereocenters. The van der Waals surface area contributed by atoms with Crippen LogP contribution in [0.4, 0.5) is 0 Å². The highest BCUT2D eigenvalue weighted by Gasteiger charge is 2.43. The maximum absolute atomic E-state index is 5.83. The Morgan fingerprint density at radius 1 is 1.44 bits per heavy atom. The number of nitrogens with two attached hydrogens (primary N) is 1. The molecule has 2 saturated heterocycles. The number of hydrogen-bond acceptors (Lipinski definition) is 5. The van der Waals surface area contributed by atoms with Gasteiger partial charge in [-0.3, -0.25) is 0 Å². The molecule has 100 valence electrons. The first kappa shape index (κ1) is 12.1. The summed E-state index contributed by atoms with van der Waals surface area (Å²) < 4.78 is 11.2. The number of rotatable bonds is 5. The molecule has 2 N–H and O–H groups in total. The minimum Gasteiger partial charge on any atom is -0.374 e. The van der Waals surface area contributed by atoms with Gasteiger partial charge in [-0.15, -0.1) is 0 Å². The van der Waals surface area contributed by atoms with Gasteiger partial charge in [-0.25, -0.2) is 0 Å². The lowest BCUT2D eigenvalue weighted by Crippen LogP contribution is -2.17. The zero-order valence-electron chi connectivity index (χ0n) is 10.8. The molecule has 0 saturated carbocycles. The monoisotopic (exact) mass is 251 g/mol. The second-order valence-electron chi connectivity index (χ2n) is 5.48. The van der Waals surface area contributed by atoms with Crippen LogP contribution in [0.1, 0.15) is 50.2 Å². The van der Waals surface area contributed by atoms with Crippen molar-refractivity contribution in [2.45, 2.75) is 57.2 Å². The van der Waals surface area contributed by atoms with Crippen molar-refractivity contribution in [3.63, 3.8) is 0 Å². The van der Waals surface area contributed by atoms with E-state index < -0.39 is 0 Å². The van der Waals surface area contributed by atoms with E-state index in [0.29, 0.717) is 30.6 Å². The summed E-state index contributed by atoms with van der Waals surface area (Å²) in [6.45, 7) is 2.81. The van der Waals surface area contributed by atoms with Crippen LogP contribution in [0.25, 0.3) is 0 Å². The molecule has 3 rings (SSSR count). The van der Waals surface area contributed by atoms with Crippen LogP contribution in [-0.2, 0) is 11.2 Å². The van der Waals surface area contributed by atoms with Crippen molar-refractivity contribution in [2.24, 2.45) is 11.7 Å². The summed E-state index contributed by atoms with van der Waals surface area (Å²) in [6.07, 6.45) is 5.97. The van der Waals surface area contributed by atoms with Crippen molar-refractivity contribution < 1.29 is 9.26 Å². The Labute approximate surface area is 107 Å². The van der Waals surface area contributed by atoms with Crippen LogP contribution >= 0.6 is 0 Å². The van der Waals surface area contributed by atoms with Crippen molar-refractivity contribution >= 4 is 0 Å². The molecule has 4 atom stereocenters.